The third-order valence-electron chi connectivity index (χ3n) is 3.49. The number of nitrogens with zero attached hydrogens (tertiary/aromatic N) is 2. The maximum absolute atomic E-state index is 12.4. The number of hydrogen-bond donors (Lipinski definition) is 1. The summed E-state index contributed by atoms with van der Waals surface area (Å²) in [7, 11) is 0. The molecule has 1 N–H and O–H groups in total. The summed E-state index contributed by atoms with van der Waals surface area (Å²) in [6.45, 7) is 4.18. The summed E-state index contributed by atoms with van der Waals surface area (Å²) in [4.78, 5) is 12.4. The molecule has 0 fully saturated rings. The van der Waals surface area contributed by atoms with Crippen molar-refractivity contribution >= 4 is 27.7 Å². The normalized spacial score (nSPS) is 10.7. The Balaban J connectivity index is 1.77. The first-order valence-corrected chi connectivity index (χ1v) is 7.97. The number of carbonyl (C=O) groups is 1. The van der Waals surface area contributed by atoms with Crippen LogP contribution >= 0.6 is 15.9 Å². The minimum atomic E-state index is -0.197. The van der Waals surface area contributed by atoms with E-state index in [-0.39, 0.29) is 5.91 Å². The molecule has 2 heterocycles. The number of benzene rings is 1. The number of furan rings is 1. The third kappa shape index (κ3) is 3.53. The molecule has 5 nitrogen and oxygen atoms in total. The van der Waals surface area contributed by atoms with Crippen LogP contribution < -0.4 is 5.32 Å². The molecule has 0 atom stereocenters. The Morgan fingerprint density at radius 3 is 2.65 bits per heavy atom. The maximum atomic E-state index is 12.4. The largest absolute Gasteiger partial charge is 0.466 e. The van der Waals surface area contributed by atoms with Crippen molar-refractivity contribution in [3.05, 3.63) is 69.7 Å². The van der Waals surface area contributed by atoms with Gasteiger partial charge >= 0.3 is 0 Å². The Hall–Kier alpha value is -2.34. The monoisotopic (exact) mass is 373 g/mol. The molecular weight excluding hydrogens is 358 g/mol. The lowest BCUT2D eigenvalue weighted by atomic mass is 10.2. The molecule has 0 saturated heterocycles. The molecule has 1 aromatic carbocycles. The molecule has 6 heteroatoms. The highest BCUT2D eigenvalue weighted by atomic mass is 79.9. The van der Waals surface area contributed by atoms with Crippen molar-refractivity contribution in [1.82, 2.24) is 9.78 Å². The predicted molar refractivity (Wildman–Crippen MR) is 91.6 cm³/mol. The molecule has 2 aromatic heterocycles. The van der Waals surface area contributed by atoms with Gasteiger partial charge in [0.1, 0.15) is 17.3 Å². The predicted octanol–water partition coefficient (Wildman–Crippen LogP) is 4.16. The van der Waals surface area contributed by atoms with Gasteiger partial charge in [-0.1, -0.05) is 28.1 Å². The van der Waals surface area contributed by atoms with Crippen molar-refractivity contribution in [2.75, 3.05) is 5.32 Å². The molecule has 0 aliphatic carbocycles. The molecule has 3 rings (SSSR count). The summed E-state index contributed by atoms with van der Waals surface area (Å²) in [5.41, 5.74) is 1.64. The van der Waals surface area contributed by atoms with Crippen LogP contribution in [0.15, 0.2) is 51.5 Å². The number of rotatable bonds is 4. The van der Waals surface area contributed by atoms with E-state index in [0.29, 0.717) is 23.7 Å². The Bertz CT molecular complexity index is 834. The quantitative estimate of drug-likeness (QED) is 0.746. The Kier molecular flexibility index (Phi) is 4.34. The van der Waals surface area contributed by atoms with E-state index in [1.54, 1.807) is 29.9 Å². The second-order valence-electron chi connectivity index (χ2n) is 5.28. The van der Waals surface area contributed by atoms with Gasteiger partial charge in [0.15, 0.2) is 0 Å². The number of hydrogen-bond acceptors (Lipinski definition) is 3. The molecule has 0 radical (unpaired) electrons. The second kappa shape index (κ2) is 6.42. The van der Waals surface area contributed by atoms with Crippen LogP contribution in [0.5, 0.6) is 0 Å². The zero-order chi connectivity index (χ0) is 16.4. The van der Waals surface area contributed by atoms with Crippen molar-refractivity contribution in [3.8, 4) is 0 Å². The Morgan fingerprint density at radius 1 is 1.26 bits per heavy atom. The molecule has 0 bridgehead atoms. The summed E-state index contributed by atoms with van der Waals surface area (Å²) in [6.07, 6.45) is 1.67. The van der Waals surface area contributed by atoms with Gasteiger partial charge in [-0.2, -0.15) is 5.10 Å². The van der Waals surface area contributed by atoms with E-state index in [9.17, 15) is 4.79 Å². The molecule has 0 saturated carbocycles. The van der Waals surface area contributed by atoms with E-state index in [4.69, 9.17) is 4.42 Å². The lowest BCUT2D eigenvalue weighted by Gasteiger charge is -2.09. The van der Waals surface area contributed by atoms with Gasteiger partial charge in [0, 0.05) is 10.5 Å². The lowest BCUT2D eigenvalue weighted by Crippen LogP contribution is -2.16. The number of aryl methyl sites for hydroxylation is 2. The summed E-state index contributed by atoms with van der Waals surface area (Å²) >= 11 is 3.42. The number of amides is 1. The van der Waals surface area contributed by atoms with Gasteiger partial charge in [0.05, 0.1) is 18.3 Å². The van der Waals surface area contributed by atoms with Crippen molar-refractivity contribution in [1.29, 1.82) is 0 Å². The molecule has 0 aliphatic rings. The van der Waals surface area contributed by atoms with Gasteiger partial charge in [-0.25, -0.2) is 4.68 Å². The number of carbonyl (C=O) groups excluding carboxylic acids is 1. The van der Waals surface area contributed by atoms with Crippen LogP contribution in [0.3, 0.4) is 0 Å². The number of aromatic nitrogens is 2. The van der Waals surface area contributed by atoms with Crippen LogP contribution in [0, 0.1) is 13.8 Å². The maximum Gasteiger partial charge on any atom is 0.260 e. The molecule has 1 amide bonds. The highest BCUT2D eigenvalue weighted by Gasteiger charge is 2.15. The zero-order valence-electron chi connectivity index (χ0n) is 12.8. The lowest BCUT2D eigenvalue weighted by molar-refractivity contribution is 0.102. The van der Waals surface area contributed by atoms with Gasteiger partial charge in [-0.3, -0.25) is 4.79 Å². The molecular formula is C17H16BrN3O2. The highest BCUT2D eigenvalue weighted by Crippen LogP contribution is 2.17. The van der Waals surface area contributed by atoms with Crippen LogP contribution in [-0.4, -0.2) is 15.7 Å². The van der Waals surface area contributed by atoms with Crippen LogP contribution in [0.2, 0.25) is 0 Å². The van der Waals surface area contributed by atoms with E-state index < -0.39 is 0 Å². The van der Waals surface area contributed by atoms with Gasteiger partial charge < -0.3 is 9.73 Å². The van der Waals surface area contributed by atoms with E-state index in [1.807, 2.05) is 31.2 Å². The van der Waals surface area contributed by atoms with Crippen LogP contribution in [0.4, 0.5) is 5.82 Å². The number of nitrogens with one attached hydrogen (secondary N) is 1. The molecule has 0 spiro atoms. The average Bonchev–Trinajstić information content (AvgIpc) is 3.08. The molecule has 23 heavy (non-hydrogen) atoms. The standard InChI is InChI=1S/C17H16BrN3O2/c1-11-9-15(12(2)23-11)17(22)20-16-7-8-19-21(16)10-13-3-5-14(18)6-4-13/h3-9H,10H2,1-2H3,(H,20,22). The minimum Gasteiger partial charge on any atom is -0.466 e. The van der Waals surface area contributed by atoms with E-state index >= 15 is 0 Å². The van der Waals surface area contributed by atoms with Crippen LogP contribution in [0.25, 0.3) is 0 Å². The third-order valence-corrected chi connectivity index (χ3v) is 4.02. The Morgan fingerprint density at radius 2 is 2.00 bits per heavy atom. The number of anilines is 1. The topological polar surface area (TPSA) is 60.1 Å². The fourth-order valence-electron chi connectivity index (χ4n) is 2.37. The first-order chi connectivity index (χ1) is 11.0. The molecule has 118 valence electrons. The van der Waals surface area contributed by atoms with E-state index in [2.05, 4.69) is 26.3 Å². The van der Waals surface area contributed by atoms with Gasteiger partial charge in [0.25, 0.3) is 5.91 Å². The first-order valence-electron chi connectivity index (χ1n) is 7.17. The van der Waals surface area contributed by atoms with Crippen molar-refractivity contribution in [3.63, 3.8) is 0 Å². The second-order valence-corrected chi connectivity index (χ2v) is 6.20. The van der Waals surface area contributed by atoms with Crippen LogP contribution in [-0.2, 0) is 6.54 Å². The SMILES string of the molecule is Cc1cc(C(=O)Nc2ccnn2Cc2ccc(Br)cc2)c(C)o1. The fourth-order valence-corrected chi connectivity index (χ4v) is 2.63. The van der Waals surface area contributed by atoms with Gasteiger partial charge in [-0.05, 0) is 37.6 Å². The summed E-state index contributed by atoms with van der Waals surface area (Å²) in [5.74, 6) is 1.78. The summed E-state index contributed by atoms with van der Waals surface area (Å²) in [5, 5.41) is 7.16. The first kappa shape index (κ1) is 15.6. The van der Waals surface area contributed by atoms with E-state index in [1.165, 1.54) is 0 Å². The fraction of sp³-hybridized carbons (Fsp3) is 0.176. The smallest absolute Gasteiger partial charge is 0.260 e. The van der Waals surface area contributed by atoms with Gasteiger partial charge in [-0.15, -0.1) is 0 Å². The molecule has 3 aromatic rings. The van der Waals surface area contributed by atoms with Crippen molar-refractivity contribution in [2.24, 2.45) is 0 Å². The molecule has 0 aliphatic heterocycles. The average molecular weight is 374 g/mol. The molecule has 0 unspecified atom stereocenters. The van der Waals surface area contributed by atoms with Gasteiger partial charge in [0.2, 0.25) is 0 Å². The zero-order valence-corrected chi connectivity index (χ0v) is 14.4. The van der Waals surface area contributed by atoms with E-state index in [0.717, 1.165) is 15.8 Å². The minimum absolute atomic E-state index is 0.197. The summed E-state index contributed by atoms with van der Waals surface area (Å²) in [6, 6.07) is 11.5. The summed E-state index contributed by atoms with van der Waals surface area (Å²) < 4.78 is 8.19. The van der Waals surface area contributed by atoms with Crippen LogP contribution in [0.1, 0.15) is 27.4 Å². The van der Waals surface area contributed by atoms with Crippen molar-refractivity contribution < 1.29 is 9.21 Å². The highest BCUT2D eigenvalue weighted by molar-refractivity contribution is 9.10. The Labute approximate surface area is 142 Å². The van der Waals surface area contributed by atoms with Crippen molar-refractivity contribution in [2.45, 2.75) is 20.4 Å². The number of halogens is 1.